The van der Waals surface area contributed by atoms with Crippen LogP contribution in [-0.4, -0.2) is 75.7 Å². The fraction of sp³-hybridized carbons (Fsp3) is 1.00. The van der Waals surface area contributed by atoms with Gasteiger partial charge in [0.1, 0.15) is 0 Å². The monoisotopic (exact) mass is 562 g/mol. The predicted molar refractivity (Wildman–Crippen MR) is 63.4 cm³/mol. The van der Waals surface area contributed by atoms with E-state index in [0.717, 1.165) is 0 Å². The molecule has 0 fully saturated rings. The Labute approximate surface area is 172 Å². The molecule has 0 amide bonds. The van der Waals surface area contributed by atoms with Crippen LogP contribution in [0.3, 0.4) is 0 Å². The van der Waals surface area contributed by atoms with Gasteiger partial charge in [-0.3, -0.25) is 0 Å². The van der Waals surface area contributed by atoms with Gasteiger partial charge in [-0.2, -0.15) is 83.4 Å². The number of alkyl halides is 20. The summed E-state index contributed by atoms with van der Waals surface area (Å²) in [5, 5.41) is 15.3. The zero-order valence-corrected chi connectivity index (χ0v) is 15.0. The van der Waals surface area contributed by atoms with Crippen molar-refractivity contribution in [3.05, 3.63) is 0 Å². The van der Waals surface area contributed by atoms with Crippen molar-refractivity contribution in [2.45, 2.75) is 72.4 Å². The number of halogens is 20. The smallest absolute Gasteiger partial charge is 0.335 e. The third kappa shape index (κ3) is 3.64. The van der Waals surface area contributed by atoms with Crippen LogP contribution in [0.2, 0.25) is 0 Å². The molecule has 2 N–H and O–H groups in total. The standard InChI is InChI=1S/C12H6F20O2/c1-2(13)3(14,15)4(16,17)5(18,19)6(20,21)7(22,23)8(24,25)9(26,27)10(28,29)11(30,31)12(32,33)34/h2,33-34H,1H3. The van der Waals surface area contributed by atoms with E-state index in [1.54, 1.807) is 0 Å². The largest absolute Gasteiger partial charge is 0.400 e. The minimum absolute atomic E-state index is 0.793. The van der Waals surface area contributed by atoms with Crippen molar-refractivity contribution in [2.24, 2.45) is 0 Å². The lowest BCUT2D eigenvalue weighted by molar-refractivity contribution is -0.486. The molecule has 1 atom stereocenters. The average Bonchev–Trinajstić information content (AvgIpc) is 2.58. The molecule has 206 valence electrons. The zero-order chi connectivity index (χ0) is 28.6. The Morgan fingerprint density at radius 1 is 0.382 bits per heavy atom. The summed E-state index contributed by atoms with van der Waals surface area (Å²) in [6.07, 6.45) is -4.67. The first-order valence-electron chi connectivity index (χ1n) is 7.37. The molecular formula is C12H6F20O2. The molecule has 0 aromatic carbocycles. The summed E-state index contributed by atoms with van der Waals surface area (Å²) in [6.45, 7) is -0.793. The van der Waals surface area contributed by atoms with Gasteiger partial charge in [0.05, 0.1) is 0 Å². The van der Waals surface area contributed by atoms with Gasteiger partial charge < -0.3 is 10.2 Å². The van der Waals surface area contributed by atoms with E-state index in [-0.39, 0.29) is 0 Å². The molecule has 0 aliphatic carbocycles. The number of aliphatic hydroxyl groups is 2. The quantitative estimate of drug-likeness (QED) is 0.266. The molecule has 0 radical (unpaired) electrons. The van der Waals surface area contributed by atoms with E-state index in [9.17, 15) is 87.8 Å². The van der Waals surface area contributed by atoms with E-state index in [1.165, 1.54) is 0 Å². The van der Waals surface area contributed by atoms with Gasteiger partial charge in [-0.1, -0.05) is 0 Å². The van der Waals surface area contributed by atoms with E-state index in [2.05, 4.69) is 0 Å². The van der Waals surface area contributed by atoms with E-state index < -0.39 is 72.4 Å². The summed E-state index contributed by atoms with van der Waals surface area (Å²) < 4.78 is 262. The Hall–Kier alpha value is -1.48. The summed E-state index contributed by atoms with van der Waals surface area (Å²) in [7, 11) is 0. The van der Waals surface area contributed by atoms with Crippen molar-refractivity contribution in [1.29, 1.82) is 0 Å². The highest BCUT2D eigenvalue weighted by Crippen LogP contribution is 2.66. The van der Waals surface area contributed by atoms with Gasteiger partial charge in [0, 0.05) is 0 Å². The predicted octanol–water partition coefficient (Wildman–Crippen LogP) is 5.67. The Kier molecular flexibility index (Phi) is 7.42. The first-order chi connectivity index (χ1) is 14.2. The summed E-state index contributed by atoms with van der Waals surface area (Å²) >= 11 is 0. The van der Waals surface area contributed by atoms with Gasteiger partial charge in [-0.15, -0.1) is 0 Å². The fourth-order valence-corrected chi connectivity index (χ4v) is 1.84. The van der Waals surface area contributed by atoms with Crippen molar-refractivity contribution in [2.75, 3.05) is 0 Å². The molecule has 0 aromatic rings. The van der Waals surface area contributed by atoms with Crippen molar-refractivity contribution in [1.82, 2.24) is 0 Å². The minimum Gasteiger partial charge on any atom is -0.335 e. The van der Waals surface area contributed by atoms with E-state index >= 15 is 0 Å². The summed E-state index contributed by atoms with van der Waals surface area (Å²) in [6, 6.07) is -7.02. The Balaban J connectivity index is 7.08. The van der Waals surface area contributed by atoms with Gasteiger partial charge in [0.15, 0.2) is 6.17 Å². The second kappa shape index (κ2) is 7.76. The molecule has 0 bridgehead atoms. The van der Waals surface area contributed by atoms with Crippen LogP contribution in [0.4, 0.5) is 87.8 Å². The Morgan fingerprint density at radius 2 is 0.559 bits per heavy atom. The number of rotatable bonds is 10. The maximum Gasteiger partial charge on any atom is 0.400 e. The van der Waals surface area contributed by atoms with Gasteiger partial charge in [-0.25, -0.2) is 4.39 Å². The molecule has 0 aromatic heterocycles. The third-order valence-corrected chi connectivity index (χ3v) is 4.08. The van der Waals surface area contributed by atoms with Crippen LogP contribution in [0.15, 0.2) is 0 Å². The maximum atomic E-state index is 13.4. The highest BCUT2D eigenvalue weighted by molar-refractivity contribution is 5.18. The topological polar surface area (TPSA) is 40.5 Å². The molecule has 0 saturated heterocycles. The van der Waals surface area contributed by atoms with Crippen molar-refractivity contribution in [3.63, 3.8) is 0 Å². The normalized spacial score (nSPS) is 17.7. The molecule has 22 heteroatoms. The molecule has 1 unspecified atom stereocenters. The zero-order valence-electron chi connectivity index (χ0n) is 15.0. The maximum absolute atomic E-state index is 13.4. The lowest BCUT2D eigenvalue weighted by atomic mass is 9.85. The van der Waals surface area contributed by atoms with Crippen LogP contribution < -0.4 is 0 Å². The molecule has 34 heavy (non-hydrogen) atoms. The van der Waals surface area contributed by atoms with Crippen molar-refractivity contribution >= 4 is 0 Å². The highest BCUT2D eigenvalue weighted by atomic mass is 19.4. The van der Waals surface area contributed by atoms with Crippen LogP contribution in [0.1, 0.15) is 6.92 Å². The fourth-order valence-electron chi connectivity index (χ4n) is 1.84. The van der Waals surface area contributed by atoms with Crippen molar-refractivity contribution < 1.29 is 98.0 Å². The van der Waals surface area contributed by atoms with Crippen LogP contribution in [0.25, 0.3) is 0 Å². The lowest BCUT2D eigenvalue weighted by Gasteiger charge is -2.45. The van der Waals surface area contributed by atoms with Crippen LogP contribution in [0.5, 0.6) is 0 Å². The molecule has 0 aliphatic rings. The van der Waals surface area contributed by atoms with Crippen LogP contribution in [-0.2, 0) is 0 Å². The highest BCUT2D eigenvalue weighted by Gasteiger charge is 2.97. The third-order valence-electron chi connectivity index (χ3n) is 4.08. The van der Waals surface area contributed by atoms with Gasteiger partial charge in [0.2, 0.25) is 0 Å². The minimum atomic E-state index is -9.13. The first-order valence-corrected chi connectivity index (χ1v) is 7.37. The summed E-state index contributed by atoms with van der Waals surface area (Å²) in [5.74, 6) is -76.9. The van der Waals surface area contributed by atoms with Crippen molar-refractivity contribution in [3.8, 4) is 0 Å². The first kappa shape index (κ1) is 32.5. The van der Waals surface area contributed by atoms with E-state index in [1.807, 2.05) is 0 Å². The van der Waals surface area contributed by atoms with Gasteiger partial charge in [-0.05, 0) is 6.92 Å². The average molecular weight is 562 g/mol. The van der Waals surface area contributed by atoms with E-state index in [0.29, 0.717) is 0 Å². The molecule has 2 nitrogen and oxygen atoms in total. The lowest BCUT2D eigenvalue weighted by Crippen LogP contribution is -2.77. The van der Waals surface area contributed by atoms with E-state index in [4.69, 9.17) is 10.2 Å². The second-order valence-corrected chi connectivity index (χ2v) is 6.42. The summed E-state index contributed by atoms with van der Waals surface area (Å²) in [5.41, 5.74) is 0. The van der Waals surface area contributed by atoms with Gasteiger partial charge in [0.25, 0.3) is 0 Å². The summed E-state index contributed by atoms with van der Waals surface area (Å²) in [4.78, 5) is 0. The molecule has 0 aliphatic heterocycles. The second-order valence-electron chi connectivity index (χ2n) is 6.42. The van der Waals surface area contributed by atoms with Gasteiger partial charge >= 0.3 is 59.3 Å². The molecular weight excluding hydrogens is 556 g/mol. The molecule has 0 spiro atoms. The Morgan fingerprint density at radius 3 is 0.735 bits per heavy atom. The number of hydrogen-bond acceptors (Lipinski definition) is 2. The SMILES string of the molecule is CC(F)C(F)(F)C(F)(F)C(F)(F)C(F)(F)C(F)(F)C(F)(F)C(F)(F)C(F)(F)C(F)(F)C(O)(O)F. The Bertz CT molecular complexity index is 747. The van der Waals surface area contributed by atoms with Crippen LogP contribution in [0, 0.1) is 0 Å². The van der Waals surface area contributed by atoms with Crippen LogP contribution >= 0.6 is 0 Å². The molecule has 0 saturated carbocycles. The molecule has 0 heterocycles. The molecule has 0 rings (SSSR count). The number of hydrogen-bond donors (Lipinski definition) is 2.